The molecule has 4 N–H and O–H groups in total. The van der Waals surface area contributed by atoms with E-state index in [-0.39, 0.29) is 0 Å². The van der Waals surface area contributed by atoms with E-state index in [4.69, 9.17) is 11.5 Å². The van der Waals surface area contributed by atoms with E-state index in [0.29, 0.717) is 30.6 Å². The Morgan fingerprint density at radius 1 is 1.17 bits per heavy atom. The standard InChI is InChI=1S/C19H32N4/c1-13(2)14-4-5-16-17(10-14)18(11-20)22(3)12-19(16)23-8-6-15(21)7-9-23/h4-5,10,13,15,18-19H,6-9,11-12,20-21H2,1-3H3. The Balaban J connectivity index is 1.95. The van der Waals surface area contributed by atoms with Gasteiger partial charge in [0.1, 0.15) is 0 Å². The number of benzene rings is 1. The summed E-state index contributed by atoms with van der Waals surface area (Å²) in [6.07, 6.45) is 2.22. The Morgan fingerprint density at radius 2 is 1.87 bits per heavy atom. The lowest BCUT2D eigenvalue weighted by molar-refractivity contribution is 0.0907. The van der Waals surface area contributed by atoms with E-state index in [9.17, 15) is 0 Å². The third-order valence-electron chi connectivity index (χ3n) is 5.73. The maximum atomic E-state index is 6.10. The second-order valence-electron chi connectivity index (χ2n) is 7.62. The Hall–Kier alpha value is -0.940. The second-order valence-corrected chi connectivity index (χ2v) is 7.62. The van der Waals surface area contributed by atoms with E-state index >= 15 is 0 Å². The van der Waals surface area contributed by atoms with Crippen molar-refractivity contribution in [2.45, 2.75) is 50.7 Å². The van der Waals surface area contributed by atoms with Crippen molar-refractivity contribution < 1.29 is 0 Å². The fourth-order valence-electron chi connectivity index (χ4n) is 4.13. The first kappa shape index (κ1) is 16.9. The number of nitrogens with zero attached hydrogens (tertiary/aromatic N) is 2. The van der Waals surface area contributed by atoms with Crippen LogP contribution < -0.4 is 11.5 Å². The highest BCUT2D eigenvalue weighted by Gasteiger charge is 2.34. The molecule has 0 saturated carbocycles. The summed E-state index contributed by atoms with van der Waals surface area (Å²) in [6.45, 7) is 8.48. The molecule has 4 heteroatoms. The molecule has 0 aliphatic carbocycles. The minimum atomic E-state index is 0.340. The Bertz CT molecular complexity index is 534. The van der Waals surface area contributed by atoms with Crippen LogP contribution in [0.2, 0.25) is 0 Å². The first-order valence-electron chi connectivity index (χ1n) is 9.05. The third kappa shape index (κ3) is 3.31. The molecule has 23 heavy (non-hydrogen) atoms. The zero-order chi connectivity index (χ0) is 16.6. The highest BCUT2D eigenvalue weighted by atomic mass is 15.2. The zero-order valence-corrected chi connectivity index (χ0v) is 14.8. The van der Waals surface area contributed by atoms with Crippen molar-refractivity contribution in [1.29, 1.82) is 0 Å². The van der Waals surface area contributed by atoms with Crippen molar-refractivity contribution in [3.05, 3.63) is 34.9 Å². The molecule has 2 unspecified atom stereocenters. The summed E-state index contributed by atoms with van der Waals surface area (Å²) in [6, 6.07) is 8.27. The van der Waals surface area contributed by atoms with Crippen LogP contribution in [-0.2, 0) is 0 Å². The lowest BCUT2D eigenvalue weighted by atomic mass is 9.85. The molecular formula is C19H32N4. The van der Waals surface area contributed by atoms with Crippen LogP contribution in [0.3, 0.4) is 0 Å². The molecular weight excluding hydrogens is 284 g/mol. The maximum Gasteiger partial charge on any atom is 0.0478 e. The van der Waals surface area contributed by atoms with Gasteiger partial charge >= 0.3 is 0 Å². The number of nitrogens with two attached hydrogens (primary N) is 2. The topological polar surface area (TPSA) is 58.5 Å². The Labute approximate surface area is 140 Å². The van der Waals surface area contributed by atoms with Gasteiger partial charge in [0.25, 0.3) is 0 Å². The number of likely N-dealkylation sites (tertiary alicyclic amines) is 1. The molecule has 1 saturated heterocycles. The fraction of sp³-hybridized carbons (Fsp3) is 0.684. The molecule has 2 heterocycles. The molecule has 0 aromatic heterocycles. The average Bonchev–Trinajstić information content (AvgIpc) is 2.54. The summed E-state index contributed by atoms with van der Waals surface area (Å²) in [5.74, 6) is 0.553. The molecule has 4 nitrogen and oxygen atoms in total. The van der Waals surface area contributed by atoms with Crippen LogP contribution in [0.15, 0.2) is 18.2 Å². The second kappa shape index (κ2) is 6.89. The smallest absolute Gasteiger partial charge is 0.0478 e. The van der Waals surface area contributed by atoms with Crippen LogP contribution in [0.25, 0.3) is 0 Å². The summed E-state index contributed by atoms with van der Waals surface area (Å²) in [7, 11) is 2.21. The van der Waals surface area contributed by atoms with Crippen molar-refractivity contribution in [2.75, 3.05) is 33.2 Å². The minimum Gasteiger partial charge on any atom is -0.329 e. The predicted molar refractivity (Wildman–Crippen MR) is 96.5 cm³/mol. The van der Waals surface area contributed by atoms with Gasteiger partial charge in [0, 0.05) is 44.3 Å². The van der Waals surface area contributed by atoms with Gasteiger partial charge in [-0.05, 0) is 42.5 Å². The minimum absolute atomic E-state index is 0.340. The third-order valence-corrected chi connectivity index (χ3v) is 5.73. The molecule has 2 aliphatic heterocycles. The largest absolute Gasteiger partial charge is 0.329 e. The van der Waals surface area contributed by atoms with Crippen molar-refractivity contribution >= 4 is 0 Å². The van der Waals surface area contributed by atoms with Gasteiger partial charge in [-0.2, -0.15) is 0 Å². The van der Waals surface area contributed by atoms with Crippen LogP contribution in [0.5, 0.6) is 0 Å². The molecule has 0 amide bonds. The Kier molecular flexibility index (Phi) is 5.07. The molecule has 1 aromatic carbocycles. The zero-order valence-electron chi connectivity index (χ0n) is 14.8. The van der Waals surface area contributed by atoms with E-state index < -0.39 is 0 Å². The summed E-state index contributed by atoms with van der Waals surface area (Å²) in [5.41, 5.74) is 16.5. The van der Waals surface area contributed by atoms with Crippen LogP contribution in [0.4, 0.5) is 0 Å². The number of piperidine rings is 1. The molecule has 3 rings (SSSR count). The van der Waals surface area contributed by atoms with Gasteiger partial charge in [-0.15, -0.1) is 0 Å². The van der Waals surface area contributed by atoms with Gasteiger partial charge in [0.15, 0.2) is 0 Å². The maximum absolute atomic E-state index is 6.10. The van der Waals surface area contributed by atoms with Gasteiger partial charge in [-0.3, -0.25) is 9.80 Å². The highest BCUT2D eigenvalue weighted by Crippen LogP contribution is 2.38. The molecule has 128 valence electrons. The average molecular weight is 316 g/mol. The van der Waals surface area contributed by atoms with Gasteiger partial charge in [0.05, 0.1) is 0 Å². The number of hydrogen-bond donors (Lipinski definition) is 2. The number of hydrogen-bond acceptors (Lipinski definition) is 4. The van der Waals surface area contributed by atoms with Crippen LogP contribution in [0.1, 0.15) is 61.4 Å². The van der Waals surface area contributed by atoms with Crippen LogP contribution >= 0.6 is 0 Å². The van der Waals surface area contributed by atoms with Gasteiger partial charge in [0.2, 0.25) is 0 Å². The molecule has 0 radical (unpaired) electrons. The lowest BCUT2D eigenvalue weighted by Gasteiger charge is -2.45. The summed E-state index contributed by atoms with van der Waals surface area (Å²) in [5, 5.41) is 0. The van der Waals surface area contributed by atoms with Gasteiger partial charge in [-0.25, -0.2) is 0 Å². The first-order valence-corrected chi connectivity index (χ1v) is 9.05. The summed E-state index contributed by atoms with van der Waals surface area (Å²) >= 11 is 0. The fourth-order valence-corrected chi connectivity index (χ4v) is 4.13. The number of rotatable bonds is 3. The molecule has 0 bridgehead atoms. The molecule has 2 aliphatic rings. The quantitative estimate of drug-likeness (QED) is 0.898. The SMILES string of the molecule is CC(C)c1ccc2c(c1)C(CN)N(C)CC2N1CCC(N)CC1. The number of fused-ring (bicyclic) bond motifs is 1. The highest BCUT2D eigenvalue weighted by molar-refractivity contribution is 5.40. The van der Waals surface area contributed by atoms with Crippen molar-refractivity contribution in [3.8, 4) is 0 Å². The molecule has 1 fully saturated rings. The lowest BCUT2D eigenvalue weighted by Crippen LogP contribution is -2.48. The van der Waals surface area contributed by atoms with Crippen molar-refractivity contribution in [2.24, 2.45) is 11.5 Å². The van der Waals surface area contributed by atoms with Gasteiger partial charge in [-0.1, -0.05) is 32.0 Å². The van der Waals surface area contributed by atoms with E-state index in [1.165, 1.54) is 16.7 Å². The molecule has 2 atom stereocenters. The van der Waals surface area contributed by atoms with Crippen molar-refractivity contribution in [3.63, 3.8) is 0 Å². The summed E-state index contributed by atoms with van der Waals surface area (Å²) in [4.78, 5) is 5.06. The van der Waals surface area contributed by atoms with Crippen LogP contribution in [0, 0.1) is 0 Å². The summed E-state index contributed by atoms with van der Waals surface area (Å²) < 4.78 is 0. The van der Waals surface area contributed by atoms with E-state index in [0.717, 1.165) is 32.5 Å². The van der Waals surface area contributed by atoms with Crippen LogP contribution in [-0.4, -0.2) is 49.1 Å². The Morgan fingerprint density at radius 3 is 2.48 bits per heavy atom. The molecule has 0 spiro atoms. The van der Waals surface area contributed by atoms with Crippen molar-refractivity contribution in [1.82, 2.24) is 9.80 Å². The first-order chi connectivity index (χ1) is 11.0. The van der Waals surface area contributed by atoms with E-state index in [1.54, 1.807) is 0 Å². The van der Waals surface area contributed by atoms with E-state index in [2.05, 4.69) is 48.9 Å². The normalized spacial score (nSPS) is 27.4. The monoisotopic (exact) mass is 316 g/mol. The predicted octanol–water partition coefficient (Wildman–Crippen LogP) is 2.22. The number of likely N-dealkylation sites (N-methyl/N-ethyl adjacent to an activating group) is 1. The van der Waals surface area contributed by atoms with Gasteiger partial charge < -0.3 is 11.5 Å². The van der Waals surface area contributed by atoms with E-state index in [1.807, 2.05) is 0 Å². The molecule has 1 aromatic rings.